The topological polar surface area (TPSA) is 23.6 Å². The van der Waals surface area contributed by atoms with Crippen molar-refractivity contribution in [1.82, 2.24) is 9.80 Å². The number of nitrogens with zero attached hydrogens (tertiary/aromatic N) is 2. The summed E-state index contributed by atoms with van der Waals surface area (Å²) in [5.74, 6) is 0.781. The van der Waals surface area contributed by atoms with Crippen LogP contribution in [0.25, 0.3) is 10.8 Å². The highest BCUT2D eigenvalue weighted by Gasteiger charge is 2.18. The van der Waals surface area contributed by atoms with Crippen molar-refractivity contribution < 1.29 is 4.79 Å². The van der Waals surface area contributed by atoms with Crippen LogP contribution in [0.1, 0.15) is 0 Å². The van der Waals surface area contributed by atoms with Crippen LogP contribution in [0.15, 0.2) is 47.4 Å². The molecule has 3 rings (SSSR count). The molecule has 0 N–H and O–H groups in total. The lowest BCUT2D eigenvalue weighted by atomic mass is 10.1. The number of benzene rings is 2. The van der Waals surface area contributed by atoms with E-state index in [0.717, 1.165) is 31.1 Å². The molecular formula is C17H20N2OS. The van der Waals surface area contributed by atoms with Crippen molar-refractivity contribution in [2.75, 3.05) is 39.0 Å². The number of hydrogen-bond donors (Lipinski definition) is 0. The number of likely N-dealkylation sites (N-methyl/N-ethyl adjacent to an activating group) is 1. The summed E-state index contributed by atoms with van der Waals surface area (Å²) in [7, 11) is 2.10. The van der Waals surface area contributed by atoms with E-state index in [0.29, 0.717) is 5.75 Å². The van der Waals surface area contributed by atoms with Crippen molar-refractivity contribution in [2.24, 2.45) is 0 Å². The van der Waals surface area contributed by atoms with Gasteiger partial charge in [-0.1, -0.05) is 30.3 Å². The van der Waals surface area contributed by atoms with Crippen molar-refractivity contribution in [3.63, 3.8) is 0 Å². The zero-order valence-electron chi connectivity index (χ0n) is 12.3. The van der Waals surface area contributed by atoms with Crippen LogP contribution in [0.4, 0.5) is 0 Å². The number of carbonyl (C=O) groups excluding carboxylic acids is 1. The summed E-state index contributed by atoms with van der Waals surface area (Å²) in [5, 5.41) is 2.47. The fourth-order valence-electron chi connectivity index (χ4n) is 2.55. The van der Waals surface area contributed by atoms with Crippen molar-refractivity contribution in [2.45, 2.75) is 4.90 Å². The average molecular weight is 300 g/mol. The van der Waals surface area contributed by atoms with E-state index in [4.69, 9.17) is 0 Å². The van der Waals surface area contributed by atoms with Gasteiger partial charge in [0.25, 0.3) is 0 Å². The molecule has 2 aromatic carbocycles. The zero-order chi connectivity index (χ0) is 14.7. The first kappa shape index (κ1) is 14.4. The number of piperazine rings is 1. The molecule has 21 heavy (non-hydrogen) atoms. The van der Waals surface area contributed by atoms with Gasteiger partial charge in [0, 0.05) is 31.1 Å². The number of rotatable bonds is 3. The first-order chi connectivity index (χ1) is 10.2. The van der Waals surface area contributed by atoms with Gasteiger partial charge in [0.2, 0.25) is 5.91 Å². The molecule has 2 aromatic rings. The van der Waals surface area contributed by atoms with Gasteiger partial charge in [-0.2, -0.15) is 0 Å². The van der Waals surface area contributed by atoms with Crippen LogP contribution in [0.2, 0.25) is 0 Å². The molecule has 0 bridgehead atoms. The molecule has 1 aliphatic rings. The number of fused-ring (bicyclic) bond motifs is 1. The lowest BCUT2D eigenvalue weighted by molar-refractivity contribution is -0.129. The molecule has 0 saturated carbocycles. The predicted octanol–water partition coefficient (Wildman–Crippen LogP) is 2.71. The molecule has 0 atom stereocenters. The van der Waals surface area contributed by atoms with Crippen molar-refractivity contribution in [1.29, 1.82) is 0 Å². The van der Waals surface area contributed by atoms with Crippen LogP contribution in [-0.2, 0) is 4.79 Å². The Kier molecular flexibility index (Phi) is 4.46. The Hall–Kier alpha value is -1.52. The molecule has 110 valence electrons. The third kappa shape index (κ3) is 3.57. The highest BCUT2D eigenvalue weighted by molar-refractivity contribution is 8.00. The highest BCUT2D eigenvalue weighted by atomic mass is 32.2. The van der Waals surface area contributed by atoms with Crippen molar-refractivity contribution in [3.05, 3.63) is 42.5 Å². The number of amides is 1. The van der Waals surface area contributed by atoms with Crippen LogP contribution in [0, 0.1) is 0 Å². The van der Waals surface area contributed by atoms with Crippen molar-refractivity contribution >= 4 is 28.4 Å². The Morgan fingerprint density at radius 3 is 2.52 bits per heavy atom. The molecule has 0 radical (unpaired) electrons. The normalized spacial score (nSPS) is 16.3. The zero-order valence-corrected chi connectivity index (χ0v) is 13.1. The van der Waals surface area contributed by atoms with Gasteiger partial charge in [0.15, 0.2) is 0 Å². The predicted molar refractivity (Wildman–Crippen MR) is 88.7 cm³/mol. The summed E-state index contributed by atoms with van der Waals surface area (Å²) < 4.78 is 0. The van der Waals surface area contributed by atoms with E-state index < -0.39 is 0 Å². The summed E-state index contributed by atoms with van der Waals surface area (Å²) >= 11 is 1.63. The summed E-state index contributed by atoms with van der Waals surface area (Å²) in [6.07, 6.45) is 0. The second-order valence-corrected chi connectivity index (χ2v) is 6.53. The summed E-state index contributed by atoms with van der Waals surface area (Å²) in [6, 6.07) is 14.7. The Balaban J connectivity index is 1.59. The maximum Gasteiger partial charge on any atom is 0.233 e. The first-order valence-corrected chi connectivity index (χ1v) is 8.29. The molecule has 1 aliphatic heterocycles. The maximum absolute atomic E-state index is 12.2. The number of thioether (sulfide) groups is 1. The lowest BCUT2D eigenvalue weighted by Crippen LogP contribution is -2.47. The first-order valence-electron chi connectivity index (χ1n) is 7.30. The van der Waals surface area contributed by atoms with Crippen LogP contribution >= 0.6 is 11.8 Å². The highest BCUT2D eigenvalue weighted by Crippen LogP contribution is 2.24. The van der Waals surface area contributed by atoms with Crippen LogP contribution in [0.5, 0.6) is 0 Å². The van der Waals surface area contributed by atoms with E-state index in [1.807, 2.05) is 17.0 Å². The van der Waals surface area contributed by atoms with Gasteiger partial charge in [0.05, 0.1) is 5.75 Å². The lowest BCUT2D eigenvalue weighted by Gasteiger charge is -2.32. The van der Waals surface area contributed by atoms with Gasteiger partial charge in [-0.25, -0.2) is 0 Å². The molecule has 1 amide bonds. The molecule has 4 heteroatoms. The maximum atomic E-state index is 12.2. The molecule has 3 nitrogen and oxygen atoms in total. The average Bonchev–Trinajstić information content (AvgIpc) is 2.53. The molecule has 0 spiro atoms. The van der Waals surface area contributed by atoms with Gasteiger partial charge < -0.3 is 9.80 Å². The Morgan fingerprint density at radius 1 is 1.05 bits per heavy atom. The van der Waals surface area contributed by atoms with Crippen LogP contribution in [0.3, 0.4) is 0 Å². The second kappa shape index (κ2) is 6.50. The Labute approximate surface area is 129 Å². The van der Waals surface area contributed by atoms with Gasteiger partial charge in [-0.3, -0.25) is 4.79 Å². The van der Waals surface area contributed by atoms with E-state index in [9.17, 15) is 4.79 Å². The largest absolute Gasteiger partial charge is 0.339 e. The van der Waals surface area contributed by atoms with Gasteiger partial charge in [-0.15, -0.1) is 11.8 Å². The van der Waals surface area contributed by atoms with Crippen LogP contribution in [-0.4, -0.2) is 54.7 Å². The SMILES string of the molecule is CN1CCN(C(=O)CSc2ccc3ccccc3c2)CC1. The Morgan fingerprint density at radius 2 is 1.76 bits per heavy atom. The second-order valence-electron chi connectivity index (χ2n) is 5.48. The molecule has 1 fully saturated rings. The van der Waals surface area contributed by atoms with E-state index in [1.54, 1.807) is 11.8 Å². The summed E-state index contributed by atoms with van der Waals surface area (Å²) in [6.45, 7) is 3.67. The summed E-state index contributed by atoms with van der Waals surface area (Å²) in [4.78, 5) is 17.6. The van der Waals surface area contributed by atoms with Crippen LogP contribution < -0.4 is 0 Å². The minimum Gasteiger partial charge on any atom is -0.339 e. The van der Waals surface area contributed by atoms with Gasteiger partial charge in [0.1, 0.15) is 0 Å². The molecule has 0 unspecified atom stereocenters. The minimum absolute atomic E-state index is 0.251. The quantitative estimate of drug-likeness (QED) is 0.814. The van der Waals surface area contributed by atoms with Gasteiger partial charge in [-0.05, 0) is 30.0 Å². The van der Waals surface area contributed by atoms with Crippen molar-refractivity contribution in [3.8, 4) is 0 Å². The molecule has 1 saturated heterocycles. The standard InChI is InChI=1S/C17H20N2OS/c1-18-8-10-19(11-9-18)17(20)13-21-16-7-6-14-4-2-3-5-15(14)12-16/h2-7,12H,8-11,13H2,1H3. The molecule has 1 heterocycles. The molecular weight excluding hydrogens is 280 g/mol. The van der Waals surface area contributed by atoms with E-state index >= 15 is 0 Å². The van der Waals surface area contributed by atoms with E-state index in [-0.39, 0.29) is 5.91 Å². The molecule has 0 aliphatic carbocycles. The number of carbonyl (C=O) groups is 1. The number of hydrogen-bond acceptors (Lipinski definition) is 3. The summed E-state index contributed by atoms with van der Waals surface area (Å²) in [5.41, 5.74) is 0. The minimum atomic E-state index is 0.251. The third-order valence-electron chi connectivity index (χ3n) is 3.94. The van der Waals surface area contributed by atoms with E-state index in [1.165, 1.54) is 10.8 Å². The fraction of sp³-hybridized carbons (Fsp3) is 0.353. The monoisotopic (exact) mass is 300 g/mol. The smallest absolute Gasteiger partial charge is 0.233 e. The molecule has 0 aromatic heterocycles. The third-order valence-corrected chi connectivity index (χ3v) is 4.92. The Bertz CT molecular complexity index is 635. The van der Waals surface area contributed by atoms with E-state index in [2.05, 4.69) is 42.3 Å². The van der Waals surface area contributed by atoms with Gasteiger partial charge >= 0.3 is 0 Å². The fourth-order valence-corrected chi connectivity index (χ4v) is 3.40.